The average molecular weight is 335 g/mol. The van der Waals surface area contributed by atoms with Crippen LogP contribution >= 0.6 is 0 Å². The van der Waals surface area contributed by atoms with Crippen LogP contribution in [0.3, 0.4) is 0 Å². The topological polar surface area (TPSA) is 87.4 Å². The van der Waals surface area contributed by atoms with Gasteiger partial charge in [-0.2, -0.15) is 4.99 Å². The van der Waals surface area contributed by atoms with E-state index >= 15 is 0 Å². The van der Waals surface area contributed by atoms with Crippen molar-refractivity contribution in [3.05, 3.63) is 47.7 Å². The number of nitrogens with zero attached hydrogens (tertiary/aromatic N) is 5. The van der Waals surface area contributed by atoms with E-state index in [1.54, 1.807) is 24.3 Å². The van der Waals surface area contributed by atoms with Gasteiger partial charge < -0.3 is 4.90 Å². The Bertz CT molecular complexity index is 856. The van der Waals surface area contributed by atoms with E-state index in [9.17, 15) is 9.59 Å². The summed E-state index contributed by atoms with van der Waals surface area (Å²) >= 11 is 0. The smallest absolute Gasteiger partial charge is 0.280 e. The zero-order valence-corrected chi connectivity index (χ0v) is 14.0. The number of aliphatic imine (C=N–C) groups is 3. The molecule has 2 amide bonds. The molecule has 0 unspecified atom stereocenters. The Morgan fingerprint density at radius 1 is 1.20 bits per heavy atom. The van der Waals surface area contributed by atoms with Gasteiger partial charge >= 0.3 is 0 Å². The maximum Gasteiger partial charge on any atom is 0.280 e. The number of anilines is 1. The third-order valence-electron chi connectivity index (χ3n) is 3.90. The average Bonchev–Trinajstić information content (AvgIpc) is 2.64. The van der Waals surface area contributed by atoms with Crippen LogP contribution in [0.4, 0.5) is 5.82 Å². The number of allylic oxidation sites excluding steroid dienone is 3. The lowest BCUT2D eigenvalue weighted by Crippen LogP contribution is -2.22. The van der Waals surface area contributed by atoms with Crippen molar-refractivity contribution in [1.29, 1.82) is 0 Å². The van der Waals surface area contributed by atoms with Crippen LogP contribution in [0.5, 0.6) is 0 Å². The first-order chi connectivity index (χ1) is 12.1. The molecule has 1 aromatic rings. The van der Waals surface area contributed by atoms with Gasteiger partial charge in [0.05, 0.1) is 22.6 Å². The first kappa shape index (κ1) is 16.6. The summed E-state index contributed by atoms with van der Waals surface area (Å²) in [5.74, 6) is 0.0161. The molecule has 2 heterocycles. The molecule has 0 aromatic carbocycles. The summed E-state index contributed by atoms with van der Waals surface area (Å²) in [5, 5.41) is 0. The number of pyridine rings is 1. The lowest BCUT2D eigenvalue weighted by atomic mass is 10.0. The Morgan fingerprint density at radius 3 is 2.68 bits per heavy atom. The second-order valence-electron chi connectivity index (χ2n) is 5.37. The molecule has 1 aliphatic carbocycles. The van der Waals surface area contributed by atoms with Gasteiger partial charge in [-0.15, -0.1) is 0 Å². The van der Waals surface area contributed by atoms with Crippen LogP contribution in [0, 0.1) is 0 Å². The van der Waals surface area contributed by atoms with Crippen LogP contribution in [0.25, 0.3) is 0 Å². The van der Waals surface area contributed by atoms with Crippen LogP contribution < -0.4 is 4.90 Å². The molecule has 0 saturated heterocycles. The summed E-state index contributed by atoms with van der Waals surface area (Å²) in [5.41, 5.74) is 1.64. The number of carbonyl (C=O) groups is 2. The van der Waals surface area contributed by atoms with Gasteiger partial charge in [0.25, 0.3) is 11.8 Å². The standard InChI is InChI=1S/C18H17N5O2/c1-3-23(4-2)16-8-5-12(10-19-16)17(24)22-13-6-7-15-14(9-13)18(25)21-11-20-15/h5-11H,3-4H2,1-2H3. The van der Waals surface area contributed by atoms with E-state index in [4.69, 9.17) is 0 Å². The number of hydrogen-bond acceptors (Lipinski definition) is 5. The molecule has 126 valence electrons. The number of carbonyl (C=O) groups excluding carboxylic acids is 2. The summed E-state index contributed by atoms with van der Waals surface area (Å²) in [7, 11) is 0. The highest BCUT2D eigenvalue weighted by atomic mass is 16.2. The van der Waals surface area contributed by atoms with Gasteiger partial charge in [0, 0.05) is 19.3 Å². The normalized spacial score (nSPS) is 17.2. The van der Waals surface area contributed by atoms with Crippen molar-refractivity contribution in [1.82, 2.24) is 4.98 Å². The van der Waals surface area contributed by atoms with E-state index in [-0.39, 0.29) is 5.91 Å². The lowest BCUT2D eigenvalue weighted by molar-refractivity contribution is -0.113. The van der Waals surface area contributed by atoms with Gasteiger partial charge in [0.15, 0.2) is 0 Å². The van der Waals surface area contributed by atoms with Crippen molar-refractivity contribution >= 4 is 35.4 Å². The first-order valence-electron chi connectivity index (χ1n) is 8.01. The minimum atomic E-state index is -0.415. The zero-order valence-electron chi connectivity index (χ0n) is 14.0. The van der Waals surface area contributed by atoms with E-state index in [0.29, 0.717) is 22.6 Å². The van der Waals surface area contributed by atoms with Gasteiger partial charge in [-0.25, -0.2) is 15.0 Å². The minimum Gasteiger partial charge on any atom is -0.357 e. The van der Waals surface area contributed by atoms with Crippen LogP contribution in [0.2, 0.25) is 0 Å². The van der Waals surface area contributed by atoms with Crippen molar-refractivity contribution < 1.29 is 9.59 Å². The maximum absolute atomic E-state index is 12.3. The molecule has 25 heavy (non-hydrogen) atoms. The molecule has 1 aliphatic heterocycles. The summed E-state index contributed by atoms with van der Waals surface area (Å²) in [6.07, 6.45) is 7.54. The molecular weight excluding hydrogens is 318 g/mol. The van der Waals surface area contributed by atoms with Crippen LogP contribution in [0.15, 0.2) is 57.1 Å². The van der Waals surface area contributed by atoms with Crippen LogP contribution in [0.1, 0.15) is 24.2 Å². The largest absolute Gasteiger partial charge is 0.357 e. The highest BCUT2D eigenvalue weighted by molar-refractivity contribution is 6.36. The third-order valence-corrected chi connectivity index (χ3v) is 3.90. The predicted molar refractivity (Wildman–Crippen MR) is 97.7 cm³/mol. The fourth-order valence-corrected chi connectivity index (χ4v) is 2.52. The van der Waals surface area contributed by atoms with Gasteiger partial charge in [-0.1, -0.05) is 0 Å². The molecule has 2 aliphatic rings. The number of hydrogen-bond donors (Lipinski definition) is 0. The summed E-state index contributed by atoms with van der Waals surface area (Å²) in [6, 6.07) is 3.51. The highest BCUT2D eigenvalue weighted by Gasteiger charge is 2.20. The molecule has 0 bridgehead atoms. The van der Waals surface area contributed by atoms with Crippen molar-refractivity contribution in [3.63, 3.8) is 0 Å². The number of aromatic nitrogens is 1. The van der Waals surface area contributed by atoms with E-state index in [0.717, 1.165) is 18.9 Å². The molecule has 0 fully saturated rings. The molecule has 0 atom stereocenters. The Labute approximate surface area is 145 Å². The first-order valence-corrected chi connectivity index (χ1v) is 8.01. The number of fused-ring (bicyclic) bond motifs is 1. The lowest BCUT2D eigenvalue weighted by Gasteiger charge is -2.19. The number of rotatable bonds is 4. The van der Waals surface area contributed by atoms with Gasteiger partial charge in [0.1, 0.15) is 12.2 Å². The van der Waals surface area contributed by atoms with E-state index in [1.807, 2.05) is 13.8 Å². The fraction of sp³-hybridized carbons (Fsp3) is 0.222. The SMILES string of the molecule is CCN(CC)c1ccc(C(=O)N=C2C=CC3=NC=NC(=O)C3=C2)cn1. The Hall–Kier alpha value is -3.22. The Morgan fingerprint density at radius 2 is 2.00 bits per heavy atom. The molecule has 0 N–H and O–H groups in total. The Balaban J connectivity index is 1.80. The highest BCUT2D eigenvalue weighted by Crippen LogP contribution is 2.15. The zero-order chi connectivity index (χ0) is 17.8. The predicted octanol–water partition coefficient (Wildman–Crippen LogP) is 2.01. The third kappa shape index (κ3) is 3.50. The molecule has 1 aromatic heterocycles. The van der Waals surface area contributed by atoms with Gasteiger partial charge in [-0.05, 0) is 44.2 Å². The monoisotopic (exact) mass is 335 g/mol. The number of amides is 2. The molecular formula is C18H17N5O2. The molecule has 7 nitrogen and oxygen atoms in total. The van der Waals surface area contributed by atoms with E-state index < -0.39 is 5.91 Å². The molecule has 7 heteroatoms. The molecule has 3 rings (SSSR count). The quantitative estimate of drug-likeness (QED) is 0.788. The Kier molecular flexibility index (Phi) is 4.74. The maximum atomic E-state index is 12.3. The van der Waals surface area contributed by atoms with Crippen molar-refractivity contribution in [2.75, 3.05) is 18.0 Å². The molecule has 0 spiro atoms. The van der Waals surface area contributed by atoms with E-state index in [2.05, 4.69) is 24.9 Å². The van der Waals surface area contributed by atoms with E-state index in [1.165, 1.54) is 18.6 Å². The molecule has 0 saturated carbocycles. The van der Waals surface area contributed by atoms with Crippen LogP contribution in [-0.2, 0) is 4.79 Å². The summed E-state index contributed by atoms with van der Waals surface area (Å²) < 4.78 is 0. The van der Waals surface area contributed by atoms with Crippen molar-refractivity contribution in [3.8, 4) is 0 Å². The van der Waals surface area contributed by atoms with Gasteiger partial charge in [0.2, 0.25) is 0 Å². The van der Waals surface area contributed by atoms with Crippen LogP contribution in [-0.4, -0.2) is 47.6 Å². The van der Waals surface area contributed by atoms with Gasteiger partial charge in [-0.3, -0.25) is 9.59 Å². The summed E-state index contributed by atoms with van der Waals surface area (Å²) in [4.78, 5) is 42.2. The fourth-order valence-electron chi connectivity index (χ4n) is 2.52. The second-order valence-corrected chi connectivity index (χ2v) is 5.37. The van der Waals surface area contributed by atoms with Crippen molar-refractivity contribution in [2.45, 2.75) is 13.8 Å². The molecule has 0 radical (unpaired) electrons. The minimum absolute atomic E-state index is 0.339. The second kappa shape index (κ2) is 7.12. The summed E-state index contributed by atoms with van der Waals surface area (Å²) in [6.45, 7) is 5.79. The van der Waals surface area contributed by atoms with Crippen molar-refractivity contribution in [2.24, 2.45) is 15.0 Å².